The first-order valence-corrected chi connectivity index (χ1v) is 13.8. The van der Waals surface area contributed by atoms with Crippen LogP contribution in [-0.4, -0.2) is 62.3 Å². The molecule has 5 heterocycles. The molecule has 0 spiro atoms. The second kappa shape index (κ2) is 10.0. The van der Waals surface area contributed by atoms with E-state index in [1.54, 1.807) is 18.3 Å². The molecule has 2 N–H and O–H groups in total. The van der Waals surface area contributed by atoms with E-state index in [-0.39, 0.29) is 5.88 Å². The quantitative estimate of drug-likeness (QED) is 0.311. The van der Waals surface area contributed by atoms with Crippen LogP contribution in [0.15, 0.2) is 54.7 Å². The fourth-order valence-corrected chi connectivity index (χ4v) is 5.99. The lowest BCUT2D eigenvalue weighted by molar-refractivity contribution is 0.141. The normalized spacial score (nSPS) is 17.1. The molecule has 0 aliphatic carbocycles. The highest BCUT2D eigenvalue weighted by atomic mass is 16.5. The van der Waals surface area contributed by atoms with Crippen LogP contribution in [0.25, 0.3) is 33.5 Å². The molecule has 2 saturated heterocycles. The van der Waals surface area contributed by atoms with Gasteiger partial charge in [0.15, 0.2) is 5.82 Å². The van der Waals surface area contributed by atoms with Crippen LogP contribution in [0.2, 0.25) is 0 Å². The van der Waals surface area contributed by atoms with Gasteiger partial charge in [0.2, 0.25) is 5.88 Å². The Labute approximate surface area is 226 Å². The second-order valence-corrected chi connectivity index (χ2v) is 10.5. The molecule has 2 aliphatic heterocycles. The van der Waals surface area contributed by atoms with Gasteiger partial charge in [0.25, 0.3) is 0 Å². The summed E-state index contributed by atoms with van der Waals surface area (Å²) in [6, 6.07) is 18.4. The summed E-state index contributed by atoms with van der Waals surface area (Å²) in [4.78, 5) is 17.8. The Morgan fingerprint density at radius 2 is 1.82 bits per heavy atom. The van der Waals surface area contributed by atoms with Gasteiger partial charge in [-0.25, -0.2) is 9.97 Å². The molecule has 0 saturated carbocycles. The fraction of sp³-hybridized carbons (Fsp3) is 0.333. The van der Waals surface area contributed by atoms with E-state index in [0.29, 0.717) is 17.1 Å². The number of benzene rings is 2. The van der Waals surface area contributed by atoms with Crippen molar-refractivity contribution < 1.29 is 4.74 Å². The number of hydrogen-bond acceptors (Lipinski definition) is 7. The minimum absolute atomic E-state index is 0.278. The van der Waals surface area contributed by atoms with E-state index in [0.717, 1.165) is 46.8 Å². The van der Waals surface area contributed by atoms with Crippen molar-refractivity contribution in [2.75, 3.05) is 31.1 Å². The van der Waals surface area contributed by atoms with Gasteiger partial charge in [-0.05, 0) is 87.3 Å². The summed E-state index contributed by atoms with van der Waals surface area (Å²) < 4.78 is 5.94. The molecule has 2 aromatic carbocycles. The number of fused-ring (bicyclic) bond motifs is 2. The number of aromatic nitrogens is 5. The van der Waals surface area contributed by atoms with Crippen LogP contribution in [0.5, 0.6) is 11.6 Å². The Morgan fingerprint density at radius 1 is 0.949 bits per heavy atom. The first kappa shape index (κ1) is 23.7. The van der Waals surface area contributed by atoms with E-state index in [1.807, 2.05) is 18.2 Å². The van der Waals surface area contributed by atoms with E-state index in [4.69, 9.17) is 9.72 Å². The Bertz CT molecular complexity index is 1670. The fourth-order valence-electron chi connectivity index (χ4n) is 5.99. The summed E-state index contributed by atoms with van der Waals surface area (Å²) in [5, 5.41) is 17.9. The third-order valence-electron chi connectivity index (χ3n) is 8.07. The molecule has 0 radical (unpaired) electrons. The SMILES string of the molecule is N#Cc1cccnc1Oc1ccc2[nH]nc(-c3nc4ccc(N5CCC(N6CCCCC6)CC5)cc4[nH]3)c2c1. The second-order valence-electron chi connectivity index (χ2n) is 10.5. The first-order chi connectivity index (χ1) is 19.2. The van der Waals surface area contributed by atoms with E-state index < -0.39 is 0 Å². The maximum atomic E-state index is 9.36. The lowest BCUT2D eigenvalue weighted by atomic mass is 9.99. The first-order valence-electron chi connectivity index (χ1n) is 13.8. The topological polar surface area (TPSA) is 110 Å². The Balaban J connectivity index is 1.12. The molecule has 7 rings (SSSR count). The zero-order valence-corrected chi connectivity index (χ0v) is 21.7. The van der Waals surface area contributed by atoms with E-state index in [1.165, 1.54) is 50.9 Å². The third kappa shape index (κ3) is 4.57. The summed E-state index contributed by atoms with van der Waals surface area (Å²) in [6.07, 6.45) is 8.15. The minimum atomic E-state index is 0.278. The van der Waals surface area contributed by atoms with Crippen molar-refractivity contribution in [1.29, 1.82) is 5.26 Å². The number of nitrogens with zero attached hydrogens (tertiary/aromatic N) is 6. The molecule has 3 aromatic heterocycles. The van der Waals surface area contributed by atoms with Gasteiger partial charge in [0.05, 0.1) is 16.6 Å². The maximum absolute atomic E-state index is 9.36. The smallest absolute Gasteiger partial charge is 0.237 e. The predicted octanol–water partition coefficient (Wildman–Crippen LogP) is 5.62. The standard InChI is InChI=1S/C30H30N8O/c31-19-20-5-4-12-32-30(20)39-23-7-9-25-24(18-23)28(36-35-25)29-33-26-8-6-22(17-27(26)34-29)38-15-10-21(11-16-38)37-13-2-1-3-14-37/h4-9,12,17-18,21H,1-3,10-11,13-16H2,(H,33,34)(H,35,36). The molecule has 0 unspecified atom stereocenters. The molecule has 9 nitrogen and oxygen atoms in total. The highest BCUT2D eigenvalue weighted by Crippen LogP contribution is 2.32. The summed E-state index contributed by atoms with van der Waals surface area (Å²) in [6.45, 7) is 4.72. The Morgan fingerprint density at radius 3 is 2.67 bits per heavy atom. The van der Waals surface area contributed by atoms with Gasteiger partial charge < -0.3 is 19.5 Å². The molecule has 0 amide bonds. The van der Waals surface area contributed by atoms with Crippen LogP contribution in [0.4, 0.5) is 5.69 Å². The van der Waals surface area contributed by atoms with Crippen molar-refractivity contribution >= 4 is 27.6 Å². The molecule has 2 aliphatic rings. The zero-order chi connectivity index (χ0) is 26.2. The lowest BCUT2D eigenvalue weighted by Crippen LogP contribution is -2.46. The number of anilines is 1. The Hall–Kier alpha value is -4.42. The molecule has 2 fully saturated rings. The van der Waals surface area contributed by atoms with Gasteiger partial charge in [0, 0.05) is 36.4 Å². The highest BCUT2D eigenvalue weighted by Gasteiger charge is 2.26. The van der Waals surface area contributed by atoms with Gasteiger partial charge in [-0.3, -0.25) is 5.10 Å². The monoisotopic (exact) mass is 518 g/mol. The molecule has 196 valence electrons. The van der Waals surface area contributed by atoms with E-state index in [2.05, 4.69) is 54.2 Å². The minimum Gasteiger partial charge on any atom is -0.438 e. The maximum Gasteiger partial charge on any atom is 0.237 e. The Kier molecular flexibility index (Phi) is 6.10. The number of piperidine rings is 2. The number of likely N-dealkylation sites (tertiary alicyclic amines) is 1. The van der Waals surface area contributed by atoms with Gasteiger partial charge in [-0.15, -0.1) is 0 Å². The lowest BCUT2D eigenvalue weighted by Gasteiger charge is -2.41. The zero-order valence-electron chi connectivity index (χ0n) is 21.7. The van der Waals surface area contributed by atoms with Gasteiger partial charge in [-0.1, -0.05) is 6.42 Å². The van der Waals surface area contributed by atoms with Crippen LogP contribution < -0.4 is 9.64 Å². The van der Waals surface area contributed by atoms with Gasteiger partial charge >= 0.3 is 0 Å². The van der Waals surface area contributed by atoms with Crippen LogP contribution in [0, 0.1) is 11.3 Å². The van der Waals surface area contributed by atoms with Gasteiger partial charge in [-0.2, -0.15) is 10.4 Å². The van der Waals surface area contributed by atoms with Crippen molar-refractivity contribution in [3.05, 3.63) is 60.3 Å². The molecular weight excluding hydrogens is 488 g/mol. The van der Waals surface area contributed by atoms with E-state index in [9.17, 15) is 5.26 Å². The number of imidazole rings is 1. The van der Waals surface area contributed by atoms with Crippen LogP contribution in [-0.2, 0) is 0 Å². The average Bonchev–Trinajstić information content (AvgIpc) is 3.61. The summed E-state index contributed by atoms with van der Waals surface area (Å²) in [5.74, 6) is 1.55. The molecule has 0 atom stereocenters. The summed E-state index contributed by atoms with van der Waals surface area (Å²) in [5.41, 5.74) is 5.12. The van der Waals surface area contributed by atoms with E-state index >= 15 is 0 Å². The van der Waals surface area contributed by atoms with Crippen molar-refractivity contribution in [3.63, 3.8) is 0 Å². The van der Waals surface area contributed by atoms with Crippen molar-refractivity contribution in [2.45, 2.75) is 38.1 Å². The molecule has 39 heavy (non-hydrogen) atoms. The number of ether oxygens (including phenoxy) is 1. The van der Waals surface area contributed by atoms with Crippen LogP contribution >= 0.6 is 0 Å². The molecule has 5 aromatic rings. The summed E-state index contributed by atoms with van der Waals surface area (Å²) >= 11 is 0. The van der Waals surface area contributed by atoms with Crippen molar-refractivity contribution in [1.82, 2.24) is 30.0 Å². The number of hydrogen-bond donors (Lipinski definition) is 2. The molecular formula is C30H30N8O. The van der Waals surface area contributed by atoms with Crippen LogP contribution in [0.3, 0.4) is 0 Å². The number of H-pyrrole nitrogens is 2. The predicted molar refractivity (Wildman–Crippen MR) is 151 cm³/mol. The molecule has 9 heteroatoms. The number of pyridine rings is 1. The highest BCUT2D eigenvalue weighted by molar-refractivity contribution is 5.94. The molecule has 0 bridgehead atoms. The van der Waals surface area contributed by atoms with Crippen LogP contribution in [0.1, 0.15) is 37.7 Å². The average molecular weight is 519 g/mol. The van der Waals surface area contributed by atoms with Gasteiger partial charge in [0.1, 0.15) is 23.1 Å². The summed E-state index contributed by atoms with van der Waals surface area (Å²) in [7, 11) is 0. The number of rotatable bonds is 5. The number of nitrogens with one attached hydrogen (secondary N) is 2. The third-order valence-corrected chi connectivity index (χ3v) is 8.07. The number of aromatic amines is 2. The largest absolute Gasteiger partial charge is 0.438 e. The number of nitriles is 1. The van der Waals surface area contributed by atoms with Crippen molar-refractivity contribution in [2.24, 2.45) is 0 Å². The van der Waals surface area contributed by atoms with Crippen molar-refractivity contribution in [3.8, 4) is 29.2 Å².